The van der Waals surface area contributed by atoms with E-state index in [1.54, 1.807) is 36.4 Å². The molecule has 0 heterocycles. The molecular weight excluding hydrogens is 264 g/mol. The molecule has 0 aliphatic rings. The molecule has 0 atom stereocenters. The number of hydrogen-bond acceptors (Lipinski definition) is 3. The van der Waals surface area contributed by atoms with E-state index in [-0.39, 0.29) is 6.61 Å². The molecule has 0 unspecified atom stereocenters. The summed E-state index contributed by atoms with van der Waals surface area (Å²) in [7, 11) is 0. The average Bonchev–Trinajstić information content (AvgIpc) is 2.53. The van der Waals surface area contributed by atoms with Gasteiger partial charge < -0.3 is 4.74 Å². The number of anilines is 1. The molecule has 0 fully saturated rings. The monoisotopic (exact) mass is 276 g/mol. The quantitative estimate of drug-likeness (QED) is 0.857. The van der Waals surface area contributed by atoms with Crippen LogP contribution in [-0.2, 0) is 4.74 Å². The van der Waals surface area contributed by atoms with Crippen LogP contribution < -0.4 is 5.32 Å². The van der Waals surface area contributed by atoms with Gasteiger partial charge >= 0.3 is 6.09 Å². The fourth-order valence-corrected chi connectivity index (χ4v) is 1.54. The number of nitriles is 1. The lowest BCUT2D eigenvalue weighted by molar-refractivity contribution is 0.176. The number of benzene rings is 2. The highest BCUT2D eigenvalue weighted by molar-refractivity contribution is 5.84. The van der Waals surface area contributed by atoms with Gasteiger partial charge in [-0.2, -0.15) is 5.26 Å². The third-order valence-corrected chi connectivity index (χ3v) is 2.54. The number of carbonyl (C=O) groups excluding carboxylic acids is 1. The van der Waals surface area contributed by atoms with Gasteiger partial charge in [0.05, 0.1) is 11.6 Å². The van der Waals surface area contributed by atoms with E-state index in [4.69, 9.17) is 10.00 Å². The smallest absolute Gasteiger partial charge is 0.412 e. The first-order chi connectivity index (χ1) is 10.3. The summed E-state index contributed by atoms with van der Waals surface area (Å²) in [6.45, 7) is -0.00132. The minimum Gasteiger partial charge on any atom is -0.436 e. The van der Waals surface area contributed by atoms with Gasteiger partial charge in [-0.1, -0.05) is 30.0 Å². The molecule has 4 nitrogen and oxygen atoms in total. The molecular formula is C17H12N2O2. The van der Waals surface area contributed by atoms with Crippen LogP contribution in [0, 0.1) is 23.2 Å². The van der Waals surface area contributed by atoms with Crippen molar-refractivity contribution in [1.29, 1.82) is 5.26 Å². The van der Waals surface area contributed by atoms with Crippen LogP contribution in [0.15, 0.2) is 54.6 Å². The Morgan fingerprint density at radius 3 is 2.38 bits per heavy atom. The highest BCUT2D eigenvalue weighted by atomic mass is 16.5. The molecule has 1 N–H and O–H groups in total. The van der Waals surface area contributed by atoms with Crippen LogP contribution in [0.4, 0.5) is 10.5 Å². The van der Waals surface area contributed by atoms with Crippen molar-refractivity contribution in [2.24, 2.45) is 0 Å². The van der Waals surface area contributed by atoms with E-state index in [0.717, 1.165) is 5.56 Å². The second-order valence-electron chi connectivity index (χ2n) is 4.06. The summed E-state index contributed by atoms with van der Waals surface area (Å²) in [6.07, 6.45) is -0.546. The van der Waals surface area contributed by atoms with Gasteiger partial charge in [-0.3, -0.25) is 5.32 Å². The number of rotatable bonds is 2. The lowest BCUT2D eigenvalue weighted by Crippen LogP contribution is -2.13. The number of nitrogens with zero attached hydrogens (tertiary/aromatic N) is 1. The summed E-state index contributed by atoms with van der Waals surface area (Å²) in [5.41, 5.74) is 2.02. The van der Waals surface area contributed by atoms with Crippen molar-refractivity contribution in [2.45, 2.75) is 0 Å². The molecule has 0 bridgehead atoms. The molecule has 0 aromatic heterocycles. The Bertz CT molecular complexity index is 704. The Morgan fingerprint density at radius 1 is 1.05 bits per heavy atom. The van der Waals surface area contributed by atoms with Crippen LogP contribution in [0.1, 0.15) is 11.1 Å². The van der Waals surface area contributed by atoms with Crippen LogP contribution in [0.5, 0.6) is 0 Å². The zero-order valence-electron chi connectivity index (χ0n) is 11.2. The highest BCUT2D eigenvalue weighted by Gasteiger charge is 2.00. The van der Waals surface area contributed by atoms with Gasteiger partial charge in [-0.25, -0.2) is 4.79 Å². The second-order valence-corrected chi connectivity index (χ2v) is 4.06. The molecule has 2 aromatic rings. The number of amides is 1. The van der Waals surface area contributed by atoms with Gasteiger partial charge in [0, 0.05) is 11.3 Å². The van der Waals surface area contributed by atoms with E-state index in [2.05, 4.69) is 17.2 Å². The zero-order chi connectivity index (χ0) is 14.9. The first kappa shape index (κ1) is 14.2. The van der Waals surface area contributed by atoms with Crippen LogP contribution in [0.25, 0.3) is 0 Å². The Kier molecular flexibility index (Phi) is 4.98. The maximum atomic E-state index is 11.5. The van der Waals surface area contributed by atoms with E-state index >= 15 is 0 Å². The molecule has 21 heavy (non-hydrogen) atoms. The largest absolute Gasteiger partial charge is 0.436 e. The zero-order valence-corrected chi connectivity index (χ0v) is 11.2. The second kappa shape index (κ2) is 7.37. The molecule has 2 rings (SSSR count). The van der Waals surface area contributed by atoms with E-state index in [9.17, 15) is 4.79 Å². The molecule has 0 saturated carbocycles. The van der Waals surface area contributed by atoms with Crippen molar-refractivity contribution in [3.05, 3.63) is 65.7 Å². The van der Waals surface area contributed by atoms with Crippen LogP contribution in [0.3, 0.4) is 0 Å². The fourth-order valence-electron chi connectivity index (χ4n) is 1.54. The van der Waals surface area contributed by atoms with Gasteiger partial charge in [0.15, 0.2) is 6.61 Å². The molecule has 1 amide bonds. The maximum Gasteiger partial charge on any atom is 0.412 e. The lowest BCUT2D eigenvalue weighted by atomic mass is 10.1. The molecule has 4 heteroatoms. The van der Waals surface area contributed by atoms with Crippen molar-refractivity contribution < 1.29 is 9.53 Å². The minimum absolute atomic E-state index is 0.00132. The molecule has 0 saturated heterocycles. The van der Waals surface area contributed by atoms with Gasteiger partial charge in [0.25, 0.3) is 0 Å². The number of ether oxygens (including phenoxy) is 1. The summed E-state index contributed by atoms with van der Waals surface area (Å²) in [5.74, 6) is 5.59. The maximum absolute atomic E-state index is 11.5. The molecule has 0 aliphatic heterocycles. The van der Waals surface area contributed by atoms with E-state index < -0.39 is 6.09 Å². The summed E-state index contributed by atoms with van der Waals surface area (Å²) in [4.78, 5) is 11.5. The Labute approximate surface area is 123 Å². The summed E-state index contributed by atoms with van der Waals surface area (Å²) < 4.78 is 4.94. The lowest BCUT2D eigenvalue weighted by Gasteiger charge is -2.03. The van der Waals surface area contributed by atoms with Crippen molar-refractivity contribution >= 4 is 11.8 Å². The van der Waals surface area contributed by atoms with Crippen molar-refractivity contribution in [3.63, 3.8) is 0 Å². The third kappa shape index (κ3) is 4.74. The predicted molar refractivity (Wildman–Crippen MR) is 79.4 cm³/mol. The molecule has 102 valence electrons. The van der Waals surface area contributed by atoms with Crippen molar-refractivity contribution in [2.75, 3.05) is 11.9 Å². The highest BCUT2D eigenvalue weighted by Crippen LogP contribution is 2.05. The number of hydrogen-bond donors (Lipinski definition) is 1. The first-order valence-corrected chi connectivity index (χ1v) is 6.26. The fraction of sp³-hybridized carbons (Fsp3) is 0.0588. The predicted octanol–water partition coefficient (Wildman–Crippen LogP) is 3.16. The van der Waals surface area contributed by atoms with Crippen LogP contribution in [-0.4, -0.2) is 12.7 Å². The Balaban J connectivity index is 1.80. The number of carbonyl (C=O) groups is 1. The Hall–Kier alpha value is -3.24. The topological polar surface area (TPSA) is 62.1 Å². The molecule has 0 radical (unpaired) electrons. The summed E-state index contributed by atoms with van der Waals surface area (Å²) in [6, 6.07) is 17.9. The average molecular weight is 276 g/mol. The Morgan fingerprint density at radius 2 is 1.71 bits per heavy atom. The molecule has 2 aromatic carbocycles. The SMILES string of the molecule is N#Cc1ccc(C#CCOC(=O)Nc2ccccc2)cc1. The summed E-state index contributed by atoms with van der Waals surface area (Å²) in [5, 5.41) is 11.3. The van der Waals surface area contributed by atoms with E-state index in [0.29, 0.717) is 11.3 Å². The van der Waals surface area contributed by atoms with Gasteiger partial charge in [-0.05, 0) is 36.4 Å². The van der Waals surface area contributed by atoms with Gasteiger partial charge in [0.1, 0.15) is 0 Å². The van der Waals surface area contributed by atoms with Crippen LogP contribution in [0.2, 0.25) is 0 Å². The number of para-hydroxylation sites is 1. The minimum atomic E-state index is -0.546. The first-order valence-electron chi connectivity index (χ1n) is 6.26. The van der Waals surface area contributed by atoms with Gasteiger partial charge in [0.2, 0.25) is 0 Å². The van der Waals surface area contributed by atoms with E-state index in [1.807, 2.05) is 24.3 Å². The van der Waals surface area contributed by atoms with Crippen molar-refractivity contribution in [3.8, 4) is 17.9 Å². The standard InChI is InChI=1S/C17H12N2O2/c18-13-15-10-8-14(9-11-15)5-4-12-21-17(20)19-16-6-2-1-3-7-16/h1-3,6-11H,12H2,(H,19,20). The van der Waals surface area contributed by atoms with Crippen molar-refractivity contribution in [1.82, 2.24) is 0 Å². The van der Waals surface area contributed by atoms with E-state index in [1.165, 1.54) is 0 Å². The number of nitrogens with one attached hydrogen (secondary N) is 1. The normalized spacial score (nSPS) is 8.90. The summed E-state index contributed by atoms with van der Waals surface area (Å²) >= 11 is 0. The van der Waals surface area contributed by atoms with Gasteiger partial charge in [-0.15, -0.1) is 0 Å². The molecule has 0 aliphatic carbocycles. The molecule has 0 spiro atoms. The van der Waals surface area contributed by atoms with Crippen LogP contribution >= 0.6 is 0 Å². The third-order valence-electron chi connectivity index (χ3n) is 2.54.